The molecule has 4 nitrogen and oxygen atoms in total. The molecule has 0 saturated carbocycles. The topological polar surface area (TPSA) is 62.5 Å². The van der Waals surface area contributed by atoms with Gasteiger partial charge in [0.05, 0.1) is 0 Å². The second-order valence-corrected chi connectivity index (χ2v) is 3.85. The van der Waals surface area contributed by atoms with Crippen LogP contribution in [0.2, 0.25) is 0 Å². The van der Waals surface area contributed by atoms with Gasteiger partial charge in [0.2, 0.25) is 0 Å². The van der Waals surface area contributed by atoms with Gasteiger partial charge in [-0.15, -0.1) is 0 Å². The molecule has 0 aliphatic heterocycles. The highest BCUT2D eigenvalue weighted by atomic mass is 16.3. The van der Waals surface area contributed by atoms with Crippen LogP contribution in [0.4, 0.5) is 0 Å². The van der Waals surface area contributed by atoms with Crippen LogP contribution in [-0.4, -0.2) is 24.2 Å². The Kier molecular flexibility index (Phi) is 3.91. The van der Waals surface area contributed by atoms with Crippen molar-refractivity contribution in [3.05, 3.63) is 23.2 Å². The third kappa shape index (κ3) is 3.09. The molecule has 84 valence electrons. The van der Waals surface area contributed by atoms with Crippen LogP contribution in [0.15, 0.2) is 10.5 Å². The summed E-state index contributed by atoms with van der Waals surface area (Å²) in [6.45, 7) is 6.10. The molecule has 1 aromatic rings. The Labute approximate surface area is 89.3 Å². The van der Waals surface area contributed by atoms with Crippen LogP contribution >= 0.6 is 0 Å². The lowest BCUT2D eigenvalue weighted by Crippen LogP contribution is -2.29. The highest BCUT2D eigenvalue weighted by Crippen LogP contribution is 2.12. The summed E-state index contributed by atoms with van der Waals surface area (Å²) < 4.78 is 5.27. The lowest BCUT2D eigenvalue weighted by atomic mass is 10.2. The molecule has 0 aliphatic carbocycles. The van der Waals surface area contributed by atoms with Crippen LogP contribution in [0.5, 0.6) is 0 Å². The second-order valence-electron chi connectivity index (χ2n) is 3.85. The fraction of sp³-hybridized carbons (Fsp3) is 0.545. The molecule has 1 aromatic heterocycles. The van der Waals surface area contributed by atoms with Crippen molar-refractivity contribution < 1.29 is 14.3 Å². The molecule has 0 saturated heterocycles. The summed E-state index contributed by atoms with van der Waals surface area (Å²) >= 11 is 0. The summed E-state index contributed by atoms with van der Waals surface area (Å²) in [5.41, 5.74) is 0.968. The van der Waals surface area contributed by atoms with Crippen molar-refractivity contribution in [1.82, 2.24) is 5.32 Å². The number of amides is 1. The molecule has 1 atom stereocenters. The molecule has 0 bridgehead atoms. The van der Waals surface area contributed by atoms with E-state index in [1.807, 2.05) is 20.8 Å². The lowest BCUT2D eigenvalue weighted by Gasteiger charge is -2.07. The minimum Gasteiger partial charge on any atom is -0.456 e. The summed E-state index contributed by atoms with van der Waals surface area (Å²) in [6.07, 6.45) is 0. The quantitative estimate of drug-likeness (QED) is 0.788. The summed E-state index contributed by atoms with van der Waals surface area (Å²) in [6, 6.07) is 1.72. The van der Waals surface area contributed by atoms with Gasteiger partial charge in [0.15, 0.2) is 5.76 Å². The average molecular weight is 211 g/mol. The van der Waals surface area contributed by atoms with Gasteiger partial charge in [-0.05, 0) is 31.4 Å². The third-order valence-corrected chi connectivity index (χ3v) is 2.31. The largest absolute Gasteiger partial charge is 0.456 e. The zero-order valence-corrected chi connectivity index (χ0v) is 9.33. The fourth-order valence-corrected chi connectivity index (χ4v) is 1.10. The Morgan fingerprint density at radius 2 is 2.27 bits per heavy atom. The molecule has 1 heterocycles. The normalized spacial score (nSPS) is 12.5. The predicted molar refractivity (Wildman–Crippen MR) is 56.8 cm³/mol. The summed E-state index contributed by atoms with van der Waals surface area (Å²) in [5, 5.41) is 11.5. The number of aliphatic hydroxyl groups is 1. The summed E-state index contributed by atoms with van der Waals surface area (Å²) in [4.78, 5) is 11.5. The van der Waals surface area contributed by atoms with E-state index in [1.165, 1.54) is 0 Å². The monoisotopic (exact) mass is 211 g/mol. The van der Waals surface area contributed by atoms with Crippen molar-refractivity contribution in [2.45, 2.75) is 20.8 Å². The Balaban J connectivity index is 2.54. The SMILES string of the molecule is Cc1cc(C(=O)NCC(C)CO)oc1C. The number of carbonyl (C=O) groups is 1. The molecule has 0 radical (unpaired) electrons. The molecular formula is C11H17NO3. The van der Waals surface area contributed by atoms with E-state index in [2.05, 4.69) is 5.32 Å². The van der Waals surface area contributed by atoms with Gasteiger partial charge in [-0.3, -0.25) is 4.79 Å². The number of furan rings is 1. The zero-order valence-electron chi connectivity index (χ0n) is 9.33. The van der Waals surface area contributed by atoms with Crippen molar-refractivity contribution >= 4 is 5.91 Å². The smallest absolute Gasteiger partial charge is 0.287 e. The first-order chi connectivity index (χ1) is 7.04. The van der Waals surface area contributed by atoms with Crippen LogP contribution in [0.1, 0.15) is 28.8 Å². The molecule has 1 rings (SSSR count). The van der Waals surface area contributed by atoms with Crippen LogP contribution in [-0.2, 0) is 0 Å². The molecular weight excluding hydrogens is 194 g/mol. The molecule has 4 heteroatoms. The summed E-state index contributed by atoms with van der Waals surface area (Å²) in [5.74, 6) is 0.920. The highest BCUT2D eigenvalue weighted by Gasteiger charge is 2.12. The van der Waals surface area contributed by atoms with Gasteiger partial charge in [0, 0.05) is 13.2 Å². The van der Waals surface area contributed by atoms with E-state index in [0.717, 1.165) is 11.3 Å². The first kappa shape index (κ1) is 11.8. The lowest BCUT2D eigenvalue weighted by molar-refractivity contribution is 0.0913. The van der Waals surface area contributed by atoms with E-state index >= 15 is 0 Å². The van der Waals surface area contributed by atoms with Crippen molar-refractivity contribution in [3.8, 4) is 0 Å². The predicted octanol–water partition coefficient (Wildman–Crippen LogP) is 1.25. The number of hydrogen-bond donors (Lipinski definition) is 2. The Hall–Kier alpha value is -1.29. The highest BCUT2D eigenvalue weighted by molar-refractivity contribution is 5.91. The van der Waals surface area contributed by atoms with Crippen molar-refractivity contribution in [2.75, 3.05) is 13.2 Å². The number of rotatable bonds is 4. The maximum atomic E-state index is 11.5. The van der Waals surface area contributed by atoms with Gasteiger partial charge in [-0.1, -0.05) is 6.92 Å². The molecule has 0 fully saturated rings. The molecule has 0 aromatic carbocycles. The van der Waals surface area contributed by atoms with Gasteiger partial charge < -0.3 is 14.8 Å². The Bertz CT molecular complexity index is 324. The van der Waals surface area contributed by atoms with E-state index in [4.69, 9.17) is 9.52 Å². The first-order valence-electron chi connectivity index (χ1n) is 5.00. The fourth-order valence-electron chi connectivity index (χ4n) is 1.10. The first-order valence-corrected chi connectivity index (χ1v) is 5.00. The van der Waals surface area contributed by atoms with E-state index in [0.29, 0.717) is 12.3 Å². The van der Waals surface area contributed by atoms with Gasteiger partial charge in [-0.2, -0.15) is 0 Å². The average Bonchev–Trinajstić information content (AvgIpc) is 2.55. The van der Waals surface area contributed by atoms with Gasteiger partial charge in [0.1, 0.15) is 5.76 Å². The van der Waals surface area contributed by atoms with E-state index in [-0.39, 0.29) is 18.4 Å². The summed E-state index contributed by atoms with van der Waals surface area (Å²) in [7, 11) is 0. The van der Waals surface area contributed by atoms with Crippen LogP contribution in [0, 0.1) is 19.8 Å². The minimum absolute atomic E-state index is 0.0612. The maximum absolute atomic E-state index is 11.5. The van der Waals surface area contributed by atoms with Crippen LogP contribution in [0.3, 0.4) is 0 Å². The third-order valence-electron chi connectivity index (χ3n) is 2.31. The molecule has 0 spiro atoms. The maximum Gasteiger partial charge on any atom is 0.287 e. The van der Waals surface area contributed by atoms with Crippen LogP contribution < -0.4 is 5.32 Å². The number of carbonyl (C=O) groups excluding carboxylic acids is 1. The van der Waals surface area contributed by atoms with E-state index in [1.54, 1.807) is 6.07 Å². The van der Waals surface area contributed by atoms with E-state index < -0.39 is 0 Å². The zero-order chi connectivity index (χ0) is 11.4. The van der Waals surface area contributed by atoms with Crippen LogP contribution in [0.25, 0.3) is 0 Å². The van der Waals surface area contributed by atoms with E-state index in [9.17, 15) is 4.79 Å². The van der Waals surface area contributed by atoms with Gasteiger partial charge in [0.25, 0.3) is 5.91 Å². The molecule has 1 unspecified atom stereocenters. The van der Waals surface area contributed by atoms with Gasteiger partial charge >= 0.3 is 0 Å². The second kappa shape index (κ2) is 4.98. The minimum atomic E-state index is -0.230. The number of nitrogens with one attached hydrogen (secondary N) is 1. The van der Waals surface area contributed by atoms with Crippen molar-refractivity contribution in [3.63, 3.8) is 0 Å². The number of aryl methyl sites for hydroxylation is 2. The van der Waals surface area contributed by atoms with Crippen molar-refractivity contribution in [1.29, 1.82) is 0 Å². The molecule has 15 heavy (non-hydrogen) atoms. The van der Waals surface area contributed by atoms with Gasteiger partial charge in [-0.25, -0.2) is 0 Å². The Morgan fingerprint density at radius 3 is 2.73 bits per heavy atom. The number of aliphatic hydroxyl groups excluding tert-OH is 1. The Morgan fingerprint density at radius 1 is 1.60 bits per heavy atom. The molecule has 1 amide bonds. The number of hydrogen-bond acceptors (Lipinski definition) is 3. The van der Waals surface area contributed by atoms with Crippen molar-refractivity contribution in [2.24, 2.45) is 5.92 Å². The molecule has 2 N–H and O–H groups in total. The standard InChI is InChI=1S/C11H17NO3/c1-7(6-13)5-12-11(14)10-4-8(2)9(3)15-10/h4,7,13H,5-6H2,1-3H3,(H,12,14). The molecule has 0 aliphatic rings.